The fourth-order valence-corrected chi connectivity index (χ4v) is 4.78. The molecule has 0 spiro atoms. The number of aromatic nitrogens is 2. The molecule has 7 nitrogen and oxygen atoms in total. The molecule has 0 aliphatic heterocycles. The third kappa shape index (κ3) is 4.82. The minimum absolute atomic E-state index is 0.511. The van der Waals surface area contributed by atoms with Crippen LogP contribution in [0.3, 0.4) is 0 Å². The molecule has 0 bridgehead atoms. The molecular formula is C29H26ClN3O4. The first-order valence-electron chi connectivity index (χ1n) is 12.0. The van der Waals surface area contributed by atoms with Gasteiger partial charge in [0.2, 0.25) is 0 Å². The van der Waals surface area contributed by atoms with Gasteiger partial charge in [-0.25, -0.2) is 9.78 Å². The van der Waals surface area contributed by atoms with E-state index in [1.807, 2.05) is 73.7 Å². The number of benzene rings is 3. The van der Waals surface area contributed by atoms with Crippen molar-refractivity contribution in [3.63, 3.8) is 0 Å². The Balaban J connectivity index is 1.30. The van der Waals surface area contributed by atoms with Crippen molar-refractivity contribution in [1.29, 1.82) is 0 Å². The van der Waals surface area contributed by atoms with Crippen molar-refractivity contribution in [1.82, 2.24) is 9.55 Å². The number of aryl methyl sites for hydroxylation is 1. The topological polar surface area (TPSA) is 93.5 Å². The predicted molar refractivity (Wildman–Crippen MR) is 142 cm³/mol. The van der Waals surface area contributed by atoms with Gasteiger partial charge < -0.3 is 9.84 Å². The lowest BCUT2D eigenvalue weighted by Crippen LogP contribution is -2.19. The lowest BCUT2D eigenvalue weighted by atomic mass is 9.94. The molecule has 1 saturated carbocycles. The number of carbonyl (C=O) groups is 2. The van der Waals surface area contributed by atoms with Gasteiger partial charge in [0.25, 0.3) is 0 Å². The summed E-state index contributed by atoms with van der Waals surface area (Å²) in [6.45, 7) is 3.58. The summed E-state index contributed by atoms with van der Waals surface area (Å²) in [7, 11) is 0. The van der Waals surface area contributed by atoms with Crippen molar-refractivity contribution < 1.29 is 19.4 Å². The number of nitrogens with zero attached hydrogens (tertiary/aromatic N) is 2. The van der Waals surface area contributed by atoms with Gasteiger partial charge in [0.1, 0.15) is 18.2 Å². The van der Waals surface area contributed by atoms with E-state index in [0.717, 1.165) is 27.9 Å². The molecule has 1 atom stereocenters. The maximum absolute atomic E-state index is 12.7. The fraction of sp³-hybridized carbons (Fsp3) is 0.207. The Hall–Kier alpha value is -4.10. The molecule has 1 heterocycles. The maximum atomic E-state index is 12.7. The summed E-state index contributed by atoms with van der Waals surface area (Å²) in [4.78, 5) is 28.6. The first kappa shape index (κ1) is 24.6. The summed E-state index contributed by atoms with van der Waals surface area (Å²) in [6.07, 6.45) is 1.88. The normalized spacial score (nSPS) is 14.6. The number of nitrogens with one attached hydrogen (secondary N) is 1. The second kappa shape index (κ2) is 9.75. The number of imidazole rings is 1. The third-order valence-corrected chi connectivity index (χ3v) is 7.22. The molecule has 0 radical (unpaired) electrons. The molecule has 1 aliphatic rings. The van der Waals surface area contributed by atoms with Crippen LogP contribution in [0, 0.1) is 6.92 Å². The van der Waals surface area contributed by atoms with Crippen LogP contribution >= 0.6 is 11.6 Å². The van der Waals surface area contributed by atoms with E-state index < -0.39 is 23.6 Å². The number of ether oxygens (including phenoxy) is 1. The van der Waals surface area contributed by atoms with Gasteiger partial charge in [-0.1, -0.05) is 66.2 Å². The number of aliphatic carboxylic acids is 1. The van der Waals surface area contributed by atoms with E-state index in [1.165, 1.54) is 0 Å². The van der Waals surface area contributed by atoms with Crippen LogP contribution in [0.4, 0.5) is 10.6 Å². The third-order valence-electron chi connectivity index (χ3n) is 6.87. The van der Waals surface area contributed by atoms with Crippen LogP contribution in [-0.4, -0.2) is 26.7 Å². The summed E-state index contributed by atoms with van der Waals surface area (Å²) in [5.74, 6) is -0.247. The van der Waals surface area contributed by atoms with Gasteiger partial charge >= 0.3 is 12.1 Å². The van der Waals surface area contributed by atoms with Crippen molar-refractivity contribution in [3.05, 3.63) is 101 Å². The molecule has 5 rings (SSSR count). The maximum Gasteiger partial charge on any atom is 0.413 e. The average Bonchev–Trinajstić information content (AvgIpc) is 3.64. The Morgan fingerprint density at radius 3 is 2.24 bits per heavy atom. The molecule has 2 N–H and O–H groups in total. The number of carbonyl (C=O) groups excluding carboxylic acids is 1. The molecule has 3 aromatic carbocycles. The van der Waals surface area contributed by atoms with E-state index in [9.17, 15) is 14.7 Å². The summed E-state index contributed by atoms with van der Waals surface area (Å²) >= 11 is 6.23. The molecule has 1 amide bonds. The summed E-state index contributed by atoms with van der Waals surface area (Å²) in [5, 5.41) is 12.9. The van der Waals surface area contributed by atoms with E-state index >= 15 is 0 Å². The molecule has 1 aromatic heterocycles. The van der Waals surface area contributed by atoms with Gasteiger partial charge in [-0.3, -0.25) is 14.7 Å². The van der Waals surface area contributed by atoms with Gasteiger partial charge in [0.15, 0.2) is 0 Å². The van der Waals surface area contributed by atoms with Crippen molar-refractivity contribution in [2.45, 2.75) is 38.2 Å². The number of amides is 1. The highest BCUT2D eigenvalue weighted by Gasteiger charge is 2.51. The molecule has 1 unspecified atom stereocenters. The van der Waals surface area contributed by atoms with Crippen LogP contribution in [0.15, 0.2) is 79.1 Å². The van der Waals surface area contributed by atoms with Crippen LogP contribution in [0.1, 0.15) is 42.7 Å². The Kier molecular flexibility index (Phi) is 6.48. The van der Waals surface area contributed by atoms with Gasteiger partial charge in [-0.15, -0.1) is 0 Å². The summed E-state index contributed by atoms with van der Waals surface area (Å²) in [5.41, 5.74) is 4.32. The van der Waals surface area contributed by atoms with E-state index in [0.29, 0.717) is 29.4 Å². The molecule has 37 heavy (non-hydrogen) atoms. The van der Waals surface area contributed by atoms with Gasteiger partial charge in [0, 0.05) is 16.3 Å². The zero-order valence-electron chi connectivity index (χ0n) is 20.4. The Labute approximate surface area is 219 Å². The number of carboxylic acids is 1. The number of hydrogen-bond donors (Lipinski definition) is 2. The minimum atomic E-state index is -0.758. The first-order valence-corrected chi connectivity index (χ1v) is 12.4. The summed E-state index contributed by atoms with van der Waals surface area (Å²) < 4.78 is 7.34. The Morgan fingerprint density at radius 1 is 1.03 bits per heavy atom. The molecule has 4 aromatic rings. The Morgan fingerprint density at radius 2 is 1.65 bits per heavy atom. The van der Waals surface area contributed by atoms with Crippen molar-refractivity contribution in [2.24, 2.45) is 0 Å². The highest BCUT2D eigenvalue weighted by Crippen LogP contribution is 2.48. The van der Waals surface area contributed by atoms with E-state index in [2.05, 4.69) is 10.3 Å². The van der Waals surface area contributed by atoms with Crippen LogP contribution < -0.4 is 5.32 Å². The van der Waals surface area contributed by atoms with Crippen molar-refractivity contribution in [3.8, 4) is 16.8 Å². The fourth-order valence-electron chi connectivity index (χ4n) is 4.49. The zero-order valence-corrected chi connectivity index (χ0v) is 21.2. The first-order chi connectivity index (χ1) is 17.8. The Bertz CT molecular complexity index is 1460. The highest BCUT2D eigenvalue weighted by molar-refractivity contribution is 6.31. The highest BCUT2D eigenvalue weighted by atomic mass is 35.5. The molecule has 188 valence electrons. The lowest BCUT2D eigenvalue weighted by molar-refractivity contribution is -0.140. The molecular weight excluding hydrogens is 490 g/mol. The molecule has 8 heteroatoms. The number of halogens is 1. The SMILES string of the molecule is Cc1ncn(-c2ccc(-c3ccc(C4(C(=O)O)CC4)cc3)cc2)c1NC(=O)OC(C)c1ccccc1Cl. The number of anilines is 1. The van der Waals surface area contributed by atoms with Gasteiger partial charge in [-0.2, -0.15) is 0 Å². The number of hydrogen-bond acceptors (Lipinski definition) is 4. The summed E-state index contributed by atoms with van der Waals surface area (Å²) in [6, 6.07) is 22.8. The monoisotopic (exact) mass is 515 g/mol. The number of rotatable bonds is 7. The quantitative estimate of drug-likeness (QED) is 0.278. The van der Waals surface area contributed by atoms with Gasteiger partial charge in [0.05, 0.1) is 11.1 Å². The van der Waals surface area contributed by atoms with Crippen LogP contribution in [0.2, 0.25) is 5.02 Å². The van der Waals surface area contributed by atoms with Gasteiger partial charge in [-0.05, 0) is 61.6 Å². The number of carboxylic acid groups (broad SMARTS) is 1. The molecule has 0 saturated heterocycles. The van der Waals surface area contributed by atoms with E-state index in [1.54, 1.807) is 23.9 Å². The second-order valence-corrected chi connectivity index (χ2v) is 9.66. The van der Waals surface area contributed by atoms with Crippen LogP contribution in [0.5, 0.6) is 0 Å². The standard InChI is InChI=1S/C29H26ClN3O4/c1-18-26(32-28(36)37-19(2)24-5-3-4-6-25(24)30)33(17-31-18)23-13-9-21(10-14-23)20-7-11-22(12-8-20)29(15-16-29)27(34)35/h3-14,17,19H,15-16H2,1-2H3,(H,32,36)(H,34,35). The van der Waals surface area contributed by atoms with Crippen molar-refractivity contribution >= 4 is 29.5 Å². The van der Waals surface area contributed by atoms with Crippen LogP contribution in [0.25, 0.3) is 16.8 Å². The lowest BCUT2D eigenvalue weighted by Gasteiger charge is -2.16. The van der Waals surface area contributed by atoms with E-state index in [4.69, 9.17) is 16.3 Å². The minimum Gasteiger partial charge on any atom is -0.481 e. The predicted octanol–water partition coefficient (Wildman–Crippen LogP) is 6.93. The molecule has 1 fully saturated rings. The molecule has 1 aliphatic carbocycles. The van der Waals surface area contributed by atoms with E-state index in [-0.39, 0.29) is 0 Å². The smallest absolute Gasteiger partial charge is 0.413 e. The average molecular weight is 516 g/mol. The largest absolute Gasteiger partial charge is 0.481 e. The zero-order chi connectivity index (χ0) is 26.2. The van der Waals surface area contributed by atoms with Crippen LogP contribution in [-0.2, 0) is 14.9 Å². The van der Waals surface area contributed by atoms with Crippen molar-refractivity contribution in [2.75, 3.05) is 5.32 Å². The second-order valence-electron chi connectivity index (χ2n) is 9.25.